The second kappa shape index (κ2) is 7.14. The topological polar surface area (TPSA) is 50.7 Å². The molecule has 1 rings (SSSR count). The number of aliphatic hydroxyl groups excluding tert-OH is 1. The maximum atomic E-state index is 9.65. The Morgan fingerprint density at radius 1 is 1.41 bits per heavy atom. The molecule has 0 aromatic heterocycles. The number of aliphatic hydroxyl groups is 1. The van der Waals surface area contributed by atoms with Gasteiger partial charge in [0, 0.05) is 13.2 Å². The number of benzene rings is 1. The molecular weight excluding hydrogens is 218 g/mol. The summed E-state index contributed by atoms with van der Waals surface area (Å²) < 4.78 is 10.4. The van der Waals surface area contributed by atoms with E-state index in [0.717, 1.165) is 17.0 Å². The van der Waals surface area contributed by atoms with Crippen molar-refractivity contribution in [3.05, 3.63) is 23.8 Å². The highest BCUT2D eigenvalue weighted by Crippen LogP contribution is 2.24. The quantitative estimate of drug-likeness (QED) is 0.762. The Hall–Kier alpha value is -1.26. The Labute approximate surface area is 103 Å². The zero-order valence-electron chi connectivity index (χ0n) is 10.7. The van der Waals surface area contributed by atoms with E-state index in [2.05, 4.69) is 5.32 Å². The second-order valence-corrected chi connectivity index (χ2v) is 3.90. The molecule has 0 saturated heterocycles. The Bertz CT molecular complexity index is 341. The molecule has 0 heterocycles. The van der Waals surface area contributed by atoms with Crippen LogP contribution in [-0.4, -0.2) is 38.1 Å². The fourth-order valence-electron chi connectivity index (χ4n) is 1.50. The minimum absolute atomic E-state index is 0.345. The average Bonchev–Trinajstić information content (AvgIpc) is 2.34. The van der Waals surface area contributed by atoms with Crippen molar-refractivity contribution >= 4 is 5.69 Å². The SMILES string of the molecule is CCOCC(O)CNc1cc(C)ccc1OC. The number of hydrogen-bond acceptors (Lipinski definition) is 4. The standard InChI is InChI=1S/C13H21NO3/c1-4-17-9-11(15)8-14-12-7-10(2)5-6-13(12)16-3/h5-7,11,14-15H,4,8-9H2,1-3H3. The summed E-state index contributed by atoms with van der Waals surface area (Å²) in [5.74, 6) is 0.777. The molecule has 0 aliphatic rings. The van der Waals surface area contributed by atoms with E-state index in [1.54, 1.807) is 7.11 Å². The van der Waals surface area contributed by atoms with Gasteiger partial charge in [-0.15, -0.1) is 0 Å². The first-order chi connectivity index (χ1) is 8.17. The van der Waals surface area contributed by atoms with Gasteiger partial charge in [-0.25, -0.2) is 0 Å². The van der Waals surface area contributed by atoms with Crippen LogP contribution >= 0.6 is 0 Å². The lowest BCUT2D eigenvalue weighted by atomic mass is 10.2. The highest BCUT2D eigenvalue weighted by Gasteiger charge is 2.07. The van der Waals surface area contributed by atoms with Gasteiger partial charge in [0.2, 0.25) is 0 Å². The molecule has 1 aromatic rings. The maximum absolute atomic E-state index is 9.65. The van der Waals surface area contributed by atoms with Crippen LogP contribution in [0.2, 0.25) is 0 Å². The highest BCUT2D eigenvalue weighted by molar-refractivity contribution is 5.58. The summed E-state index contributed by atoms with van der Waals surface area (Å²) in [4.78, 5) is 0. The summed E-state index contributed by atoms with van der Waals surface area (Å²) in [5, 5.41) is 12.8. The van der Waals surface area contributed by atoms with E-state index in [-0.39, 0.29) is 0 Å². The monoisotopic (exact) mass is 239 g/mol. The normalized spacial score (nSPS) is 12.2. The number of ether oxygens (including phenoxy) is 2. The van der Waals surface area contributed by atoms with Gasteiger partial charge in [0.1, 0.15) is 5.75 Å². The maximum Gasteiger partial charge on any atom is 0.141 e. The molecular formula is C13H21NO3. The van der Waals surface area contributed by atoms with Crippen LogP contribution in [0.3, 0.4) is 0 Å². The van der Waals surface area contributed by atoms with Crippen LogP contribution in [0.5, 0.6) is 5.75 Å². The van der Waals surface area contributed by atoms with Gasteiger partial charge in [-0.1, -0.05) is 6.07 Å². The minimum Gasteiger partial charge on any atom is -0.495 e. The van der Waals surface area contributed by atoms with Crippen LogP contribution in [0.1, 0.15) is 12.5 Å². The summed E-state index contributed by atoms with van der Waals surface area (Å²) in [6.45, 7) is 5.33. The number of methoxy groups -OCH3 is 1. The lowest BCUT2D eigenvalue weighted by Gasteiger charge is -2.15. The van der Waals surface area contributed by atoms with E-state index in [1.165, 1.54) is 0 Å². The average molecular weight is 239 g/mol. The molecule has 1 aromatic carbocycles. The summed E-state index contributed by atoms with van der Waals surface area (Å²) in [6.07, 6.45) is -0.514. The van der Waals surface area contributed by atoms with E-state index in [1.807, 2.05) is 32.0 Å². The number of hydrogen-bond donors (Lipinski definition) is 2. The fourth-order valence-corrected chi connectivity index (χ4v) is 1.50. The molecule has 0 bridgehead atoms. The largest absolute Gasteiger partial charge is 0.495 e. The van der Waals surface area contributed by atoms with Crippen LogP contribution in [0, 0.1) is 6.92 Å². The first-order valence-corrected chi connectivity index (χ1v) is 5.81. The molecule has 4 heteroatoms. The Morgan fingerprint density at radius 2 is 2.18 bits per heavy atom. The van der Waals surface area contributed by atoms with Gasteiger partial charge in [0.15, 0.2) is 0 Å². The highest BCUT2D eigenvalue weighted by atomic mass is 16.5. The summed E-state index contributed by atoms with van der Waals surface area (Å²) in [6, 6.07) is 5.89. The van der Waals surface area contributed by atoms with Gasteiger partial charge < -0.3 is 19.9 Å². The molecule has 96 valence electrons. The van der Waals surface area contributed by atoms with E-state index < -0.39 is 6.10 Å². The van der Waals surface area contributed by atoms with Crippen LogP contribution < -0.4 is 10.1 Å². The molecule has 17 heavy (non-hydrogen) atoms. The summed E-state index contributed by atoms with van der Waals surface area (Å²) >= 11 is 0. The number of anilines is 1. The predicted octanol–water partition coefficient (Wildman–Crippen LogP) is 1.81. The van der Waals surface area contributed by atoms with Gasteiger partial charge in [-0.2, -0.15) is 0 Å². The van der Waals surface area contributed by atoms with Crippen molar-refractivity contribution in [1.82, 2.24) is 0 Å². The molecule has 1 atom stereocenters. The molecule has 2 N–H and O–H groups in total. The van der Waals surface area contributed by atoms with Crippen molar-refractivity contribution in [3.8, 4) is 5.75 Å². The lowest BCUT2D eigenvalue weighted by molar-refractivity contribution is 0.0495. The van der Waals surface area contributed by atoms with Crippen LogP contribution in [-0.2, 0) is 4.74 Å². The smallest absolute Gasteiger partial charge is 0.141 e. The van der Waals surface area contributed by atoms with Gasteiger partial charge in [0.05, 0.1) is 25.5 Å². The summed E-state index contributed by atoms with van der Waals surface area (Å²) in [5.41, 5.74) is 2.04. The fraction of sp³-hybridized carbons (Fsp3) is 0.538. The third kappa shape index (κ3) is 4.63. The molecule has 0 spiro atoms. The van der Waals surface area contributed by atoms with Crippen molar-refractivity contribution in [2.45, 2.75) is 20.0 Å². The lowest BCUT2D eigenvalue weighted by Crippen LogP contribution is -2.25. The summed E-state index contributed by atoms with van der Waals surface area (Å²) in [7, 11) is 1.63. The minimum atomic E-state index is -0.514. The molecule has 0 fully saturated rings. The van der Waals surface area contributed by atoms with Gasteiger partial charge >= 0.3 is 0 Å². The van der Waals surface area contributed by atoms with Crippen LogP contribution in [0.4, 0.5) is 5.69 Å². The van der Waals surface area contributed by atoms with Crippen molar-refractivity contribution in [2.75, 3.05) is 32.2 Å². The number of nitrogens with one attached hydrogen (secondary N) is 1. The van der Waals surface area contributed by atoms with E-state index in [9.17, 15) is 5.11 Å². The second-order valence-electron chi connectivity index (χ2n) is 3.90. The van der Waals surface area contributed by atoms with Gasteiger partial charge in [-0.05, 0) is 31.5 Å². The van der Waals surface area contributed by atoms with Gasteiger partial charge in [-0.3, -0.25) is 0 Å². The van der Waals surface area contributed by atoms with E-state index in [0.29, 0.717) is 19.8 Å². The first-order valence-electron chi connectivity index (χ1n) is 5.81. The van der Waals surface area contributed by atoms with Crippen molar-refractivity contribution < 1.29 is 14.6 Å². The Balaban J connectivity index is 2.52. The molecule has 0 amide bonds. The van der Waals surface area contributed by atoms with Crippen molar-refractivity contribution in [3.63, 3.8) is 0 Å². The van der Waals surface area contributed by atoms with E-state index >= 15 is 0 Å². The zero-order chi connectivity index (χ0) is 12.7. The molecule has 0 radical (unpaired) electrons. The first kappa shape index (κ1) is 13.8. The zero-order valence-corrected chi connectivity index (χ0v) is 10.7. The number of rotatable bonds is 7. The third-order valence-corrected chi connectivity index (χ3v) is 2.40. The van der Waals surface area contributed by atoms with Crippen molar-refractivity contribution in [2.24, 2.45) is 0 Å². The molecule has 0 aliphatic carbocycles. The molecule has 4 nitrogen and oxygen atoms in total. The number of aryl methyl sites for hydroxylation is 1. The van der Waals surface area contributed by atoms with E-state index in [4.69, 9.17) is 9.47 Å². The van der Waals surface area contributed by atoms with Crippen LogP contribution in [0.15, 0.2) is 18.2 Å². The van der Waals surface area contributed by atoms with Gasteiger partial charge in [0.25, 0.3) is 0 Å². The third-order valence-electron chi connectivity index (χ3n) is 2.40. The Morgan fingerprint density at radius 3 is 2.82 bits per heavy atom. The van der Waals surface area contributed by atoms with Crippen molar-refractivity contribution in [1.29, 1.82) is 0 Å². The van der Waals surface area contributed by atoms with Crippen LogP contribution in [0.25, 0.3) is 0 Å². The Kier molecular flexibility index (Phi) is 5.80. The molecule has 1 unspecified atom stereocenters. The molecule has 0 aliphatic heterocycles. The predicted molar refractivity (Wildman–Crippen MR) is 68.7 cm³/mol. The molecule has 0 saturated carbocycles.